The molecule has 0 unspecified atom stereocenters. The Bertz CT molecular complexity index is 2270. The Labute approximate surface area is 301 Å². The van der Waals surface area contributed by atoms with E-state index in [0.717, 1.165) is 17.0 Å². The molecule has 248 valence electrons. The molecule has 0 amide bonds. The first-order valence-electron chi connectivity index (χ1n) is 18.2. The van der Waals surface area contributed by atoms with E-state index in [9.17, 15) is 0 Å². The first kappa shape index (κ1) is 32.4. The van der Waals surface area contributed by atoms with Crippen molar-refractivity contribution in [2.45, 2.75) is 44.1 Å². The van der Waals surface area contributed by atoms with Gasteiger partial charge in [-0.25, -0.2) is 4.99 Å². The molecule has 0 aromatic heterocycles. The second-order valence-electron chi connectivity index (χ2n) is 13.7. The van der Waals surface area contributed by atoms with Crippen LogP contribution in [0.5, 0.6) is 0 Å². The molecule has 8 rings (SSSR count). The lowest BCUT2D eigenvalue weighted by molar-refractivity contribution is 0.346. The number of hydrogen-bond acceptors (Lipinski definition) is 1. The lowest BCUT2D eigenvalue weighted by Crippen LogP contribution is -2.30. The summed E-state index contributed by atoms with van der Waals surface area (Å²) >= 11 is 0. The molecule has 1 saturated carbocycles. The number of rotatable bonds is 8. The lowest BCUT2D eigenvalue weighted by atomic mass is 9.65. The molecule has 0 spiro atoms. The number of amidine groups is 1. The maximum absolute atomic E-state index is 4.99. The van der Waals surface area contributed by atoms with Gasteiger partial charge in [0, 0.05) is 17.2 Å². The first-order valence-corrected chi connectivity index (χ1v) is 18.2. The van der Waals surface area contributed by atoms with Crippen molar-refractivity contribution in [3.8, 4) is 22.3 Å². The Morgan fingerprint density at radius 3 is 1.92 bits per heavy atom. The Hall–Kier alpha value is -5.86. The van der Waals surface area contributed by atoms with Crippen molar-refractivity contribution in [3.05, 3.63) is 204 Å². The third-order valence-electron chi connectivity index (χ3n) is 10.5. The van der Waals surface area contributed by atoms with Crippen molar-refractivity contribution >= 4 is 22.8 Å². The van der Waals surface area contributed by atoms with Crippen molar-refractivity contribution in [1.29, 1.82) is 0 Å². The molecule has 7 aromatic carbocycles. The second kappa shape index (κ2) is 14.9. The highest BCUT2D eigenvalue weighted by Gasteiger charge is 2.35. The lowest BCUT2D eigenvalue weighted by Gasteiger charge is -2.39. The Balaban J connectivity index is 1.05. The normalized spacial score (nSPS) is 14.5. The van der Waals surface area contributed by atoms with Gasteiger partial charge in [0.25, 0.3) is 0 Å². The average Bonchev–Trinajstić information content (AvgIpc) is 3.22. The van der Waals surface area contributed by atoms with Crippen LogP contribution in [0.25, 0.3) is 33.0 Å². The summed E-state index contributed by atoms with van der Waals surface area (Å²) < 4.78 is 0. The number of hydrogen-bond donors (Lipinski definition) is 0. The quantitative estimate of drug-likeness (QED) is 0.115. The first-order chi connectivity index (χ1) is 25.2. The fourth-order valence-corrected chi connectivity index (χ4v) is 7.79. The van der Waals surface area contributed by atoms with Gasteiger partial charge in [0.05, 0.1) is 6.54 Å². The van der Waals surface area contributed by atoms with E-state index < -0.39 is 0 Å². The average molecular weight is 659 g/mol. The molecule has 0 bridgehead atoms. The standard InChI is InChI=1S/C49H42N2/c1-4-14-37(15-5-1)35-50-48(41-17-6-2-7-18-41)51-36-38-24-28-44(29-25-38)49(32-10-3-11-33-49)45-30-26-39(27-31-45)42-20-12-21-43(34-42)47-23-13-19-40-16-8-9-22-46(40)47/h1-2,4-9,12-31,34-35H,3,10-11,32-33,36H2. The molecule has 0 atom stereocenters. The van der Waals surface area contributed by atoms with Gasteiger partial charge in [-0.15, -0.1) is 0 Å². The predicted molar refractivity (Wildman–Crippen MR) is 216 cm³/mol. The van der Waals surface area contributed by atoms with Crippen LogP contribution in [0, 0.1) is 0 Å². The summed E-state index contributed by atoms with van der Waals surface area (Å²) in [6.07, 6.45) is 8.05. The van der Waals surface area contributed by atoms with E-state index in [0.29, 0.717) is 6.54 Å². The summed E-state index contributed by atoms with van der Waals surface area (Å²) in [6.45, 7) is 0.580. The van der Waals surface area contributed by atoms with Crippen LogP contribution < -0.4 is 0 Å². The van der Waals surface area contributed by atoms with Crippen LogP contribution in [-0.2, 0) is 12.0 Å². The van der Waals surface area contributed by atoms with Crippen LogP contribution >= 0.6 is 0 Å². The van der Waals surface area contributed by atoms with Crippen LogP contribution in [0.15, 0.2) is 186 Å². The van der Waals surface area contributed by atoms with Crippen LogP contribution in [0.4, 0.5) is 0 Å². The molecule has 1 aliphatic carbocycles. The predicted octanol–water partition coefficient (Wildman–Crippen LogP) is 12.5. The second-order valence-corrected chi connectivity index (χ2v) is 13.7. The van der Waals surface area contributed by atoms with Crippen LogP contribution in [0.3, 0.4) is 0 Å². The van der Waals surface area contributed by atoms with Crippen molar-refractivity contribution in [2.24, 2.45) is 9.98 Å². The monoisotopic (exact) mass is 658 g/mol. The maximum atomic E-state index is 4.99. The molecule has 1 fully saturated rings. The SMILES string of the molecule is C(=NC(=NCc1ccc(C2(c3ccc(-c4cccc(-c5cccc6ccccc56)c4)cc3)CCCCC2)cc1)c1ccccc1)c1ccccc1. The van der Waals surface area contributed by atoms with Crippen LogP contribution in [-0.4, -0.2) is 12.1 Å². The smallest absolute Gasteiger partial charge is 0.154 e. The van der Waals surface area contributed by atoms with Gasteiger partial charge < -0.3 is 0 Å². The van der Waals surface area contributed by atoms with E-state index >= 15 is 0 Å². The molecular formula is C49H42N2. The van der Waals surface area contributed by atoms with Crippen molar-refractivity contribution in [1.82, 2.24) is 0 Å². The van der Waals surface area contributed by atoms with Gasteiger partial charge in [-0.05, 0) is 74.2 Å². The van der Waals surface area contributed by atoms with Gasteiger partial charge >= 0.3 is 0 Å². The highest BCUT2D eigenvalue weighted by atomic mass is 14.9. The van der Waals surface area contributed by atoms with Gasteiger partial charge in [-0.3, -0.25) is 4.99 Å². The zero-order valence-corrected chi connectivity index (χ0v) is 29.0. The number of nitrogens with zero attached hydrogens (tertiary/aromatic N) is 2. The summed E-state index contributed by atoms with van der Waals surface area (Å²) in [5.74, 6) is 0.745. The van der Waals surface area contributed by atoms with Crippen LogP contribution in [0.2, 0.25) is 0 Å². The molecule has 0 N–H and O–H groups in total. The van der Waals surface area contributed by atoms with E-state index in [1.807, 2.05) is 42.6 Å². The zero-order chi connectivity index (χ0) is 34.3. The molecule has 0 saturated heterocycles. The summed E-state index contributed by atoms with van der Waals surface area (Å²) in [4.78, 5) is 9.80. The summed E-state index contributed by atoms with van der Waals surface area (Å²) in [5, 5.41) is 2.56. The Morgan fingerprint density at radius 1 is 0.529 bits per heavy atom. The van der Waals surface area contributed by atoms with Gasteiger partial charge in [0.15, 0.2) is 5.84 Å². The van der Waals surface area contributed by atoms with Gasteiger partial charge in [0.1, 0.15) is 0 Å². The molecule has 7 aromatic rings. The van der Waals surface area contributed by atoms with E-state index in [4.69, 9.17) is 9.98 Å². The Kier molecular flexibility index (Phi) is 9.48. The van der Waals surface area contributed by atoms with E-state index in [-0.39, 0.29) is 5.41 Å². The Morgan fingerprint density at radius 2 is 1.16 bits per heavy atom. The van der Waals surface area contributed by atoms with Crippen molar-refractivity contribution < 1.29 is 0 Å². The number of fused-ring (bicyclic) bond motifs is 1. The van der Waals surface area contributed by atoms with Gasteiger partial charge in [-0.1, -0.05) is 189 Å². The fourth-order valence-electron chi connectivity index (χ4n) is 7.79. The molecule has 1 aliphatic rings. The van der Waals surface area contributed by atoms with Crippen molar-refractivity contribution in [3.63, 3.8) is 0 Å². The van der Waals surface area contributed by atoms with Gasteiger partial charge in [0.2, 0.25) is 0 Å². The molecule has 2 heteroatoms. The molecular weight excluding hydrogens is 617 g/mol. The maximum Gasteiger partial charge on any atom is 0.154 e. The van der Waals surface area contributed by atoms with E-state index in [1.165, 1.54) is 81.8 Å². The molecule has 0 heterocycles. The third-order valence-corrected chi connectivity index (χ3v) is 10.5. The minimum absolute atomic E-state index is 0.0263. The highest BCUT2D eigenvalue weighted by Crippen LogP contribution is 2.45. The summed E-state index contributed by atoms with van der Waals surface area (Å²) in [6, 6.07) is 63.4. The molecule has 0 aliphatic heterocycles. The zero-order valence-electron chi connectivity index (χ0n) is 29.0. The minimum Gasteiger partial charge on any atom is -0.261 e. The largest absolute Gasteiger partial charge is 0.261 e. The molecule has 0 radical (unpaired) electrons. The highest BCUT2D eigenvalue weighted by molar-refractivity contribution is 6.05. The summed E-state index contributed by atoms with van der Waals surface area (Å²) in [7, 11) is 0. The minimum atomic E-state index is 0.0263. The number of benzene rings is 7. The molecule has 51 heavy (non-hydrogen) atoms. The number of aliphatic imine (C=N–C) groups is 2. The van der Waals surface area contributed by atoms with Crippen LogP contribution in [0.1, 0.15) is 59.9 Å². The van der Waals surface area contributed by atoms with Gasteiger partial charge in [-0.2, -0.15) is 0 Å². The topological polar surface area (TPSA) is 24.7 Å². The van der Waals surface area contributed by atoms with E-state index in [2.05, 4.69) is 140 Å². The van der Waals surface area contributed by atoms with Crippen molar-refractivity contribution in [2.75, 3.05) is 0 Å². The van der Waals surface area contributed by atoms with E-state index in [1.54, 1.807) is 0 Å². The molecule has 2 nitrogen and oxygen atoms in total. The summed E-state index contributed by atoms with van der Waals surface area (Å²) in [5.41, 5.74) is 11.2. The fraction of sp³-hybridized carbons (Fsp3) is 0.143. The third kappa shape index (κ3) is 7.09.